The van der Waals surface area contributed by atoms with E-state index in [-0.39, 0.29) is 17.4 Å². The Bertz CT molecular complexity index is 691. The third kappa shape index (κ3) is 3.42. The van der Waals surface area contributed by atoms with Crippen LogP contribution in [0, 0.1) is 5.82 Å². The highest BCUT2D eigenvalue weighted by atomic mass is 35.5. The highest BCUT2D eigenvalue weighted by Crippen LogP contribution is 2.19. The number of benzene rings is 1. The molecule has 1 aromatic heterocycles. The van der Waals surface area contributed by atoms with Gasteiger partial charge in [-0.05, 0) is 11.6 Å². The van der Waals surface area contributed by atoms with Crippen LogP contribution in [0.3, 0.4) is 0 Å². The summed E-state index contributed by atoms with van der Waals surface area (Å²) in [5.41, 5.74) is 0.414. The van der Waals surface area contributed by atoms with Gasteiger partial charge in [-0.25, -0.2) is 4.39 Å². The molecule has 0 radical (unpaired) electrons. The Hall–Kier alpha value is -1.99. The molecule has 1 N–H and O–H groups in total. The van der Waals surface area contributed by atoms with Crippen molar-refractivity contribution in [2.75, 3.05) is 19.6 Å². The third-order valence-corrected chi connectivity index (χ3v) is 3.66. The summed E-state index contributed by atoms with van der Waals surface area (Å²) in [6.45, 7) is 2.04. The number of carbonyl (C=O) groups excluding carboxylic acids is 1. The summed E-state index contributed by atoms with van der Waals surface area (Å²) < 4.78 is 19.0. The van der Waals surface area contributed by atoms with Gasteiger partial charge in [-0.1, -0.05) is 28.9 Å². The smallest absolute Gasteiger partial charge is 0.240 e. The predicted octanol–water partition coefficient (Wildman–Crippen LogP) is 1.38. The molecule has 6 nitrogen and oxygen atoms in total. The average Bonchev–Trinajstić information content (AvgIpc) is 2.91. The maximum Gasteiger partial charge on any atom is 0.240 e. The molecular weight excluding hydrogens is 311 g/mol. The summed E-state index contributed by atoms with van der Waals surface area (Å²) in [5, 5.41) is 6.66. The second-order valence-corrected chi connectivity index (χ2v) is 5.46. The predicted molar refractivity (Wildman–Crippen MR) is 76.8 cm³/mol. The fourth-order valence-corrected chi connectivity index (χ4v) is 2.49. The van der Waals surface area contributed by atoms with Crippen LogP contribution in [-0.4, -0.2) is 40.6 Å². The fourth-order valence-electron chi connectivity index (χ4n) is 2.30. The lowest BCUT2D eigenvalue weighted by atomic mass is 10.1. The zero-order valence-corrected chi connectivity index (χ0v) is 12.4. The van der Waals surface area contributed by atoms with E-state index in [2.05, 4.69) is 15.5 Å². The summed E-state index contributed by atoms with van der Waals surface area (Å²) in [4.78, 5) is 17.5. The fraction of sp³-hybridized carbons (Fsp3) is 0.357. The van der Waals surface area contributed by atoms with Gasteiger partial charge in [0.25, 0.3) is 0 Å². The molecule has 8 heteroatoms. The monoisotopic (exact) mass is 324 g/mol. The molecule has 2 heterocycles. The molecule has 2 aromatic rings. The molecule has 1 aromatic carbocycles. The average molecular weight is 325 g/mol. The summed E-state index contributed by atoms with van der Waals surface area (Å²) in [5.74, 6) is 0.306. The molecule has 0 saturated carbocycles. The van der Waals surface area contributed by atoms with E-state index in [1.807, 2.05) is 4.90 Å². The SMILES string of the molecule is O=C1CN(Cc2nc(Cc3cccc(Cl)c3F)no2)CCN1. The number of piperazine rings is 1. The summed E-state index contributed by atoms with van der Waals surface area (Å²) >= 11 is 5.74. The number of aromatic nitrogens is 2. The van der Waals surface area contributed by atoms with Crippen molar-refractivity contribution in [1.29, 1.82) is 0 Å². The van der Waals surface area contributed by atoms with Gasteiger partial charge in [0.05, 0.1) is 18.1 Å². The Morgan fingerprint density at radius 1 is 1.45 bits per heavy atom. The minimum absolute atomic E-state index is 0.0213. The standard InChI is InChI=1S/C14H14ClFN4O2/c15-10-3-1-2-9(14(10)16)6-11-18-13(22-19-11)8-20-5-4-17-12(21)7-20/h1-3H,4-8H2,(H,17,21). The molecule has 0 spiro atoms. The number of hydrogen-bond acceptors (Lipinski definition) is 5. The van der Waals surface area contributed by atoms with Crippen molar-refractivity contribution < 1.29 is 13.7 Å². The van der Waals surface area contributed by atoms with Crippen LogP contribution in [0.1, 0.15) is 17.3 Å². The first-order chi connectivity index (χ1) is 10.6. The minimum Gasteiger partial charge on any atom is -0.354 e. The van der Waals surface area contributed by atoms with Gasteiger partial charge in [0.2, 0.25) is 11.8 Å². The molecule has 116 valence electrons. The molecule has 1 aliphatic heterocycles. The topological polar surface area (TPSA) is 71.3 Å². The molecule has 0 unspecified atom stereocenters. The Morgan fingerprint density at radius 2 is 2.32 bits per heavy atom. The van der Waals surface area contributed by atoms with E-state index in [9.17, 15) is 9.18 Å². The number of halogens is 2. The number of amides is 1. The van der Waals surface area contributed by atoms with E-state index in [0.717, 1.165) is 6.54 Å². The molecule has 0 aliphatic carbocycles. The molecule has 3 rings (SSSR count). The van der Waals surface area contributed by atoms with Gasteiger partial charge >= 0.3 is 0 Å². The van der Waals surface area contributed by atoms with Gasteiger partial charge in [-0.3, -0.25) is 9.69 Å². The molecular formula is C14H14ClFN4O2. The van der Waals surface area contributed by atoms with Crippen molar-refractivity contribution >= 4 is 17.5 Å². The van der Waals surface area contributed by atoms with Gasteiger partial charge < -0.3 is 9.84 Å². The van der Waals surface area contributed by atoms with Crippen molar-refractivity contribution in [3.8, 4) is 0 Å². The van der Waals surface area contributed by atoms with Crippen molar-refractivity contribution in [3.63, 3.8) is 0 Å². The van der Waals surface area contributed by atoms with Gasteiger partial charge in [0.1, 0.15) is 5.82 Å². The highest BCUT2D eigenvalue weighted by Gasteiger charge is 2.19. The van der Waals surface area contributed by atoms with Crippen molar-refractivity contribution in [1.82, 2.24) is 20.4 Å². The summed E-state index contributed by atoms with van der Waals surface area (Å²) in [7, 11) is 0. The van der Waals surface area contributed by atoms with E-state index >= 15 is 0 Å². The van der Waals surface area contributed by atoms with Crippen molar-refractivity contribution in [2.45, 2.75) is 13.0 Å². The molecule has 22 heavy (non-hydrogen) atoms. The van der Waals surface area contributed by atoms with Crippen molar-refractivity contribution in [2.24, 2.45) is 0 Å². The Kier molecular flexibility index (Phi) is 4.35. The normalized spacial score (nSPS) is 15.8. The summed E-state index contributed by atoms with van der Waals surface area (Å²) in [6.07, 6.45) is 0.205. The molecule has 0 atom stereocenters. The Balaban J connectivity index is 1.66. The molecule has 1 aliphatic rings. The molecule has 1 amide bonds. The largest absolute Gasteiger partial charge is 0.354 e. The van der Waals surface area contributed by atoms with Crippen LogP contribution in [0.15, 0.2) is 22.7 Å². The van der Waals surface area contributed by atoms with Crippen LogP contribution in [0.4, 0.5) is 4.39 Å². The number of rotatable bonds is 4. The van der Waals surface area contributed by atoms with E-state index in [1.165, 1.54) is 6.07 Å². The first-order valence-electron chi connectivity index (χ1n) is 6.85. The van der Waals surface area contributed by atoms with E-state index < -0.39 is 5.82 Å². The van der Waals surface area contributed by atoms with E-state index in [0.29, 0.717) is 36.9 Å². The van der Waals surface area contributed by atoms with E-state index in [1.54, 1.807) is 12.1 Å². The van der Waals surface area contributed by atoms with Gasteiger partial charge in [-0.2, -0.15) is 4.98 Å². The molecule has 1 saturated heterocycles. The number of nitrogens with one attached hydrogen (secondary N) is 1. The van der Waals surface area contributed by atoms with Crippen LogP contribution in [0.5, 0.6) is 0 Å². The van der Waals surface area contributed by atoms with Crippen LogP contribution in [0.2, 0.25) is 5.02 Å². The van der Waals surface area contributed by atoms with Crippen LogP contribution in [0.25, 0.3) is 0 Å². The number of hydrogen-bond donors (Lipinski definition) is 1. The Labute approximate surface area is 131 Å². The van der Waals surface area contributed by atoms with Crippen LogP contribution >= 0.6 is 11.6 Å². The highest BCUT2D eigenvalue weighted by molar-refractivity contribution is 6.30. The van der Waals surface area contributed by atoms with Gasteiger partial charge in [0, 0.05) is 19.5 Å². The van der Waals surface area contributed by atoms with Gasteiger partial charge in [0.15, 0.2) is 5.82 Å². The zero-order valence-electron chi connectivity index (χ0n) is 11.7. The minimum atomic E-state index is -0.469. The van der Waals surface area contributed by atoms with Gasteiger partial charge in [-0.15, -0.1) is 0 Å². The van der Waals surface area contributed by atoms with Crippen LogP contribution in [-0.2, 0) is 17.8 Å². The molecule has 0 bridgehead atoms. The van der Waals surface area contributed by atoms with E-state index in [4.69, 9.17) is 16.1 Å². The first-order valence-corrected chi connectivity index (χ1v) is 7.23. The second-order valence-electron chi connectivity index (χ2n) is 5.05. The quantitative estimate of drug-likeness (QED) is 0.920. The second kappa shape index (κ2) is 6.41. The lowest BCUT2D eigenvalue weighted by Gasteiger charge is -2.24. The lowest BCUT2D eigenvalue weighted by Crippen LogP contribution is -2.47. The lowest BCUT2D eigenvalue weighted by molar-refractivity contribution is -0.124. The molecule has 1 fully saturated rings. The van der Waals surface area contributed by atoms with Crippen molar-refractivity contribution in [3.05, 3.63) is 46.3 Å². The maximum atomic E-state index is 13.8. The number of carbonyl (C=O) groups is 1. The van der Waals surface area contributed by atoms with Crippen LogP contribution < -0.4 is 5.32 Å². The zero-order chi connectivity index (χ0) is 15.5. The third-order valence-electron chi connectivity index (χ3n) is 3.37. The first kappa shape index (κ1) is 14.9. The number of nitrogens with zero attached hydrogens (tertiary/aromatic N) is 3. The Morgan fingerprint density at radius 3 is 3.14 bits per heavy atom. The maximum absolute atomic E-state index is 13.8. The summed E-state index contributed by atoms with van der Waals surface area (Å²) in [6, 6.07) is 4.80.